The Morgan fingerprint density at radius 2 is 1.74 bits per heavy atom. The minimum atomic E-state index is -0.517. The Hall–Kier alpha value is -3.29. The zero-order chi connectivity index (χ0) is 27.4. The van der Waals surface area contributed by atoms with E-state index in [9.17, 15) is 14.4 Å². The van der Waals surface area contributed by atoms with E-state index >= 15 is 0 Å². The summed E-state index contributed by atoms with van der Waals surface area (Å²) in [5, 5.41) is 3.03. The summed E-state index contributed by atoms with van der Waals surface area (Å²) in [5.74, 6) is 0.693. The molecule has 1 fully saturated rings. The molecule has 1 aromatic carbocycles. The summed E-state index contributed by atoms with van der Waals surface area (Å²) in [6.45, 7) is 8.95. The van der Waals surface area contributed by atoms with Crippen molar-refractivity contribution in [3.05, 3.63) is 59.7 Å². The van der Waals surface area contributed by atoms with Gasteiger partial charge in [0.05, 0.1) is 0 Å². The van der Waals surface area contributed by atoms with Gasteiger partial charge in [-0.3, -0.25) is 4.79 Å². The largest absolute Gasteiger partial charge is 0.449 e. The fourth-order valence-corrected chi connectivity index (χ4v) is 5.76. The maximum atomic E-state index is 12.7. The molecule has 3 aliphatic rings. The molecule has 0 saturated carbocycles. The number of amides is 3. The van der Waals surface area contributed by atoms with Crippen LogP contribution < -0.4 is 5.32 Å². The minimum absolute atomic E-state index is 0.0641. The van der Waals surface area contributed by atoms with Gasteiger partial charge in [0.25, 0.3) is 0 Å². The van der Waals surface area contributed by atoms with Crippen molar-refractivity contribution >= 4 is 18.1 Å². The number of carbonyl (C=O) groups excluding carboxylic acids is 3. The number of piperidine rings is 1. The van der Waals surface area contributed by atoms with Gasteiger partial charge in [0.2, 0.25) is 5.91 Å². The number of likely N-dealkylation sites (tertiary alicyclic amines) is 1. The molecule has 1 saturated heterocycles. The van der Waals surface area contributed by atoms with Gasteiger partial charge in [-0.1, -0.05) is 48.6 Å². The monoisotopic (exact) mass is 523 g/mol. The van der Waals surface area contributed by atoms with Crippen LogP contribution in [0.3, 0.4) is 0 Å². The average molecular weight is 524 g/mol. The highest BCUT2D eigenvalue weighted by atomic mass is 16.6. The molecule has 4 atom stereocenters. The van der Waals surface area contributed by atoms with Crippen LogP contribution in [0.25, 0.3) is 0 Å². The summed E-state index contributed by atoms with van der Waals surface area (Å²) < 4.78 is 11.1. The lowest BCUT2D eigenvalue weighted by Gasteiger charge is -2.36. The summed E-state index contributed by atoms with van der Waals surface area (Å²) in [6.07, 6.45) is 9.31. The standard InChI is InChI=1S/C30H41N3O5/c1-20(21-14-16-33(17-15-21)29(36)38-30(2,3)4)31-27(34)18-32(5)28(35)37-19-26-24-12-8-6-10-22(24)23-11-7-9-13-25(23)26/h6-13,20-22,24,26H,14-19H2,1-5H3,(H,31,34). The maximum absolute atomic E-state index is 12.7. The number of likely N-dealkylation sites (N-methyl/N-ethyl adjacent to an activating group) is 1. The molecule has 1 N–H and O–H groups in total. The number of hydrogen-bond donors (Lipinski definition) is 1. The Kier molecular flexibility index (Phi) is 8.48. The number of benzene rings is 1. The third kappa shape index (κ3) is 6.58. The van der Waals surface area contributed by atoms with Crippen molar-refractivity contribution in [2.75, 3.05) is 33.3 Å². The molecule has 1 heterocycles. The summed E-state index contributed by atoms with van der Waals surface area (Å²) in [7, 11) is 1.58. The molecule has 206 valence electrons. The SMILES string of the molecule is CC(NC(=O)CN(C)C(=O)OCC1c2ccccc2C2C=CC=CC21)C1CCN(C(=O)OC(C)(C)C)CC1. The maximum Gasteiger partial charge on any atom is 0.410 e. The fourth-order valence-electron chi connectivity index (χ4n) is 5.76. The molecule has 8 nitrogen and oxygen atoms in total. The van der Waals surface area contributed by atoms with E-state index in [0.717, 1.165) is 12.8 Å². The van der Waals surface area contributed by atoms with Crippen molar-refractivity contribution in [2.45, 2.75) is 64.0 Å². The molecule has 0 spiro atoms. The molecular formula is C30H41N3O5. The predicted molar refractivity (Wildman–Crippen MR) is 146 cm³/mol. The molecule has 0 aromatic heterocycles. The number of fused-ring (bicyclic) bond motifs is 3. The Bertz CT molecular complexity index is 1080. The zero-order valence-corrected chi connectivity index (χ0v) is 23.2. The van der Waals surface area contributed by atoms with Gasteiger partial charge in [-0.15, -0.1) is 0 Å². The first kappa shape index (κ1) is 27.7. The molecule has 3 amide bonds. The number of hydrogen-bond acceptors (Lipinski definition) is 5. The molecule has 8 heteroatoms. The number of allylic oxidation sites excluding steroid dienone is 4. The van der Waals surface area contributed by atoms with Gasteiger partial charge in [0.15, 0.2) is 0 Å². The summed E-state index contributed by atoms with van der Waals surface area (Å²) >= 11 is 0. The number of rotatable bonds is 6. The molecule has 4 rings (SSSR count). The van der Waals surface area contributed by atoms with Crippen LogP contribution in [0.1, 0.15) is 63.5 Å². The molecule has 0 radical (unpaired) electrons. The first-order valence-electron chi connectivity index (χ1n) is 13.6. The quantitative estimate of drug-likeness (QED) is 0.577. The molecule has 2 aliphatic carbocycles. The van der Waals surface area contributed by atoms with Gasteiger partial charge < -0.3 is 24.6 Å². The molecule has 4 unspecified atom stereocenters. The van der Waals surface area contributed by atoms with Crippen molar-refractivity contribution < 1.29 is 23.9 Å². The Morgan fingerprint density at radius 1 is 1.08 bits per heavy atom. The van der Waals surface area contributed by atoms with E-state index in [1.165, 1.54) is 16.0 Å². The van der Waals surface area contributed by atoms with Gasteiger partial charge in [-0.2, -0.15) is 0 Å². The number of nitrogens with one attached hydrogen (secondary N) is 1. The van der Waals surface area contributed by atoms with Crippen LogP contribution in [0.2, 0.25) is 0 Å². The van der Waals surface area contributed by atoms with Gasteiger partial charge >= 0.3 is 12.2 Å². The van der Waals surface area contributed by atoms with Gasteiger partial charge in [0.1, 0.15) is 18.8 Å². The Morgan fingerprint density at radius 3 is 2.42 bits per heavy atom. The minimum Gasteiger partial charge on any atom is -0.449 e. The van der Waals surface area contributed by atoms with Crippen molar-refractivity contribution in [1.29, 1.82) is 0 Å². The van der Waals surface area contributed by atoms with Crippen LogP contribution in [-0.4, -0.2) is 72.8 Å². The normalized spacial score (nSPS) is 23.3. The Balaban J connectivity index is 1.21. The summed E-state index contributed by atoms with van der Waals surface area (Å²) in [6, 6.07) is 8.28. The van der Waals surface area contributed by atoms with Gasteiger partial charge in [-0.05, 0) is 63.5 Å². The van der Waals surface area contributed by atoms with Crippen LogP contribution in [0.15, 0.2) is 48.6 Å². The topological polar surface area (TPSA) is 88.2 Å². The smallest absolute Gasteiger partial charge is 0.410 e. The van der Waals surface area contributed by atoms with Crippen LogP contribution in [0.5, 0.6) is 0 Å². The first-order valence-corrected chi connectivity index (χ1v) is 13.6. The molecular weight excluding hydrogens is 482 g/mol. The lowest BCUT2D eigenvalue weighted by atomic mass is 9.84. The molecule has 38 heavy (non-hydrogen) atoms. The van der Waals surface area contributed by atoms with Gasteiger partial charge in [0, 0.05) is 38.0 Å². The number of ether oxygens (including phenoxy) is 2. The lowest BCUT2D eigenvalue weighted by molar-refractivity contribution is -0.122. The second-order valence-corrected chi connectivity index (χ2v) is 11.7. The summed E-state index contributed by atoms with van der Waals surface area (Å²) in [4.78, 5) is 40.8. The number of nitrogens with zero attached hydrogens (tertiary/aromatic N) is 2. The highest BCUT2D eigenvalue weighted by molar-refractivity contribution is 5.82. The lowest BCUT2D eigenvalue weighted by Crippen LogP contribution is -2.48. The van der Waals surface area contributed by atoms with Crippen molar-refractivity contribution in [3.8, 4) is 0 Å². The third-order valence-corrected chi connectivity index (χ3v) is 7.76. The van der Waals surface area contributed by atoms with E-state index in [4.69, 9.17) is 9.47 Å². The van der Waals surface area contributed by atoms with Crippen LogP contribution >= 0.6 is 0 Å². The highest BCUT2D eigenvalue weighted by Crippen LogP contribution is 2.49. The van der Waals surface area contributed by atoms with E-state index in [1.54, 1.807) is 11.9 Å². The van der Waals surface area contributed by atoms with Crippen LogP contribution in [0, 0.1) is 11.8 Å². The zero-order valence-electron chi connectivity index (χ0n) is 23.2. The van der Waals surface area contributed by atoms with E-state index < -0.39 is 11.7 Å². The van der Waals surface area contributed by atoms with Gasteiger partial charge in [-0.25, -0.2) is 9.59 Å². The van der Waals surface area contributed by atoms with E-state index in [0.29, 0.717) is 19.0 Å². The van der Waals surface area contributed by atoms with Crippen LogP contribution in [-0.2, 0) is 14.3 Å². The molecule has 0 bridgehead atoms. The second-order valence-electron chi connectivity index (χ2n) is 11.7. The Labute approximate surface area is 226 Å². The molecule has 1 aromatic rings. The van der Waals surface area contributed by atoms with Crippen molar-refractivity contribution in [1.82, 2.24) is 15.1 Å². The second kappa shape index (κ2) is 11.6. The van der Waals surface area contributed by atoms with E-state index in [2.05, 4.69) is 41.8 Å². The fraction of sp³-hybridized carbons (Fsp3) is 0.567. The van der Waals surface area contributed by atoms with Crippen molar-refractivity contribution in [3.63, 3.8) is 0 Å². The highest BCUT2D eigenvalue weighted by Gasteiger charge is 2.39. The van der Waals surface area contributed by atoms with E-state index in [1.807, 2.05) is 39.8 Å². The number of carbonyl (C=O) groups is 3. The molecule has 1 aliphatic heterocycles. The predicted octanol–water partition coefficient (Wildman–Crippen LogP) is 4.83. The average Bonchev–Trinajstić information content (AvgIpc) is 3.20. The summed E-state index contributed by atoms with van der Waals surface area (Å²) in [5.41, 5.74) is 1.99. The van der Waals surface area contributed by atoms with E-state index in [-0.39, 0.29) is 48.9 Å². The first-order chi connectivity index (χ1) is 18.0. The third-order valence-electron chi connectivity index (χ3n) is 7.76. The van der Waals surface area contributed by atoms with Crippen molar-refractivity contribution in [2.24, 2.45) is 11.8 Å². The van der Waals surface area contributed by atoms with Crippen LogP contribution in [0.4, 0.5) is 9.59 Å².